The number of rotatable bonds is 4. The van der Waals surface area contributed by atoms with Gasteiger partial charge in [-0.3, -0.25) is 4.79 Å². The first-order valence-corrected chi connectivity index (χ1v) is 7.79. The summed E-state index contributed by atoms with van der Waals surface area (Å²) in [6, 6.07) is 15.6. The van der Waals surface area contributed by atoms with Gasteiger partial charge in [0.15, 0.2) is 0 Å². The second kappa shape index (κ2) is 6.71. The molecule has 2 aromatic rings. The molecule has 3 heteroatoms. The van der Waals surface area contributed by atoms with Crippen LogP contribution >= 0.6 is 15.9 Å². The minimum absolute atomic E-state index is 0.0753. The highest BCUT2D eigenvalue weighted by Crippen LogP contribution is 2.20. The monoisotopic (exact) mass is 331 g/mol. The molecule has 0 unspecified atom stereocenters. The lowest BCUT2D eigenvalue weighted by Gasteiger charge is -2.10. The number of anilines is 1. The Kier molecular flexibility index (Phi) is 4.96. The molecule has 0 aromatic heterocycles. The lowest BCUT2D eigenvalue weighted by molar-refractivity contribution is 0.102. The predicted molar refractivity (Wildman–Crippen MR) is 87.6 cm³/mol. The van der Waals surface area contributed by atoms with Crippen LogP contribution in [0.4, 0.5) is 5.69 Å². The van der Waals surface area contributed by atoms with E-state index in [1.807, 2.05) is 48.5 Å². The summed E-state index contributed by atoms with van der Waals surface area (Å²) in [5.74, 6) is 0.398. The first-order chi connectivity index (χ1) is 9.61. The van der Waals surface area contributed by atoms with E-state index in [1.165, 1.54) is 5.56 Å². The van der Waals surface area contributed by atoms with E-state index in [0.717, 1.165) is 16.6 Å². The van der Waals surface area contributed by atoms with Crippen LogP contribution in [0.15, 0.2) is 48.5 Å². The summed E-state index contributed by atoms with van der Waals surface area (Å²) >= 11 is 3.43. The van der Waals surface area contributed by atoms with E-state index in [1.54, 1.807) is 0 Å². The Bertz CT molecular complexity index is 590. The maximum atomic E-state index is 12.2. The third-order valence-corrected chi connectivity index (χ3v) is 3.85. The molecular weight excluding hydrogens is 314 g/mol. The zero-order valence-electron chi connectivity index (χ0n) is 11.7. The molecule has 0 aliphatic rings. The van der Waals surface area contributed by atoms with Crippen molar-refractivity contribution < 1.29 is 4.79 Å². The van der Waals surface area contributed by atoms with Crippen molar-refractivity contribution in [2.75, 3.05) is 5.32 Å². The van der Waals surface area contributed by atoms with Crippen molar-refractivity contribution in [3.05, 3.63) is 65.2 Å². The fourth-order valence-electron chi connectivity index (χ4n) is 1.97. The zero-order chi connectivity index (χ0) is 14.5. The molecule has 0 bridgehead atoms. The standard InChI is InChI=1S/C17H18BrNO/c1-12(2)13-7-9-14(10-8-13)17(20)19-16-6-4-3-5-15(16)11-18/h3-10,12H,11H2,1-2H3,(H,19,20). The molecule has 104 valence electrons. The second-order valence-electron chi connectivity index (χ2n) is 5.02. The summed E-state index contributed by atoms with van der Waals surface area (Å²) in [4.78, 5) is 12.2. The summed E-state index contributed by atoms with van der Waals surface area (Å²) in [6.45, 7) is 4.28. The minimum Gasteiger partial charge on any atom is -0.322 e. The van der Waals surface area contributed by atoms with E-state index in [9.17, 15) is 4.79 Å². The normalized spacial score (nSPS) is 10.6. The number of amides is 1. The van der Waals surface area contributed by atoms with Crippen molar-refractivity contribution >= 4 is 27.5 Å². The summed E-state index contributed by atoms with van der Waals surface area (Å²) in [5.41, 5.74) is 3.84. The number of benzene rings is 2. The van der Waals surface area contributed by atoms with Crippen molar-refractivity contribution in [2.45, 2.75) is 25.1 Å². The number of carbonyl (C=O) groups excluding carboxylic acids is 1. The van der Waals surface area contributed by atoms with Crippen LogP contribution in [0.2, 0.25) is 0 Å². The molecular formula is C17H18BrNO. The van der Waals surface area contributed by atoms with E-state index in [2.05, 4.69) is 35.1 Å². The van der Waals surface area contributed by atoms with Crippen molar-refractivity contribution in [1.82, 2.24) is 0 Å². The highest BCUT2D eigenvalue weighted by atomic mass is 79.9. The van der Waals surface area contributed by atoms with E-state index >= 15 is 0 Å². The smallest absolute Gasteiger partial charge is 0.255 e. The SMILES string of the molecule is CC(C)c1ccc(C(=O)Nc2ccccc2CBr)cc1. The third-order valence-electron chi connectivity index (χ3n) is 3.25. The molecule has 0 radical (unpaired) electrons. The molecule has 2 aromatic carbocycles. The lowest BCUT2D eigenvalue weighted by atomic mass is 10.0. The van der Waals surface area contributed by atoms with Crippen molar-refractivity contribution in [3.8, 4) is 0 Å². The van der Waals surface area contributed by atoms with Crippen LogP contribution in [0.25, 0.3) is 0 Å². The highest BCUT2D eigenvalue weighted by molar-refractivity contribution is 9.08. The Labute approximate surface area is 128 Å². The fraction of sp³-hybridized carbons (Fsp3) is 0.235. The number of para-hydroxylation sites is 1. The largest absolute Gasteiger partial charge is 0.322 e. The van der Waals surface area contributed by atoms with Crippen LogP contribution in [0.5, 0.6) is 0 Å². The van der Waals surface area contributed by atoms with E-state index in [-0.39, 0.29) is 5.91 Å². The molecule has 2 nitrogen and oxygen atoms in total. The molecule has 1 amide bonds. The van der Waals surface area contributed by atoms with Crippen molar-refractivity contribution in [2.24, 2.45) is 0 Å². The van der Waals surface area contributed by atoms with Gasteiger partial charge in [-0.2, -0.15) is 0 Å². The van der Waals surface area contributed by atoms with Crippen molar-refractivity contribution in [3.63, 3.8) is 0 Å². The molecule has 2 rings (SSSR count). The Balaban J connectivity index is 2.15. The second-order valence-corrected chi connectivity index (χ2v) is 5.58. The van der Waals surface area contributed by atoms with Gasteiger partial charge < -0.3 is 5.32 Å². The van der Waals surface area contributed by atoms with Crippen LogP contribution in [0, 0.1) is 0 Å². The van der Waals surface area contributed by atoms with Crippen LogP contribution in [-0.4, -0.2) is 5.91 Å². The van der Waals surface area contributed by atoms with Gasteiger partial charge in [0.25, 0.3) is 5.91 Å². The van der Waals surface area contributed by atoms with Gasteiger partial charge in [0.05, 0.1) is 0 Å². The van der Waals surface area contributed by atoms with Gasteiger partial charge >= 0.3 is 0 Å². The summed E-state index contributed by atoms with van der Waals surface area (Å²) in [5, 5.41) is 3.68. The Morgan fingerprint density at radius 1 is 1.10 bits per heavy atom. The Morgan fingerprint density at radius 2 is 1.75 bits per heavy atom. The predicted octanol–water partition coefficient (Wildman–Crippen LogP) is 4.96. The maximum Gasteiger partial charge on any atom is 0.255 e. The molecule has 0 saturated heterocycles. The van der Waals surface area contributed by atoms with E-state index < -0.39 is 0 Å². The number of hydrogen-bond donors (Lipinski definition) is 1. The zero-order valence-corrected chi connectivity index (χ0v) is 13.3. The maximum absolute atomic E-state index is 12.2. The van der Waals surface area contributed by atoms with Gasteiger partial charge in [0, 0.05) is 16.6 Å². The van der Waals surface area contributed by atoms with Gasteiger partial charge in [-0.05, 0) is 35.2 Å². The van der Waals surface area contributed by atoms with E-state index in [4.69, 9.17) is 0 Å². The third kappa shape index (κ3) is 3.48. The molecule has 0 aliphatic heterocycles. The Hall–Kier alpha value is -1.61. The van der Waals surface area contributed by atoms with Crippen LogP contribution in [0.3, 0.4) is 0 Å². The number of carbonyl (C=O) groups is 1. The molecule has 0 spiro atoms. The minimum atomic E-state index is -0.0753. The van der Waals surface area contributed by atoms with E-state index in [0.29, 0.717) is 11.5 Å². The first-order valence-electron chi connectivity index (χ1n) is 6.67. The molecule has 0 saturated carbocycles. The quantitative estimate of drug-likeness (QED) is 0.788. The molecule has 20 heavy (non-hydrogen) atoms. The summed E-state index contributed by atoms with van der Waals surface area (Å²) in [6.07, 6.45) is 0. The Morgan fingerprint density at radius 3 is 2.35 bits per heavy atom. The highest BCUT2D eigenvalue weighted by Gasteiger charge is 2.09. The lowest BCUT2D eigenvalue weighted by Crippen LogP contribution is -2.13. The van der Waals surface area contributed by atoms with Gasteiger partial charge in [0.2, 0.25) is 0 Å². The molecule has 1 N–H and O–H groups in total. The molecule has 0 fully saturated rings. The number of nitrogens with one attached hydrogen (secondary N) is 1. The average molecular weight is 332 g/mol. The van der Waals surface area contributed by atoms with Crippen LogP contribution in [0.1, 0.15) is 41.3 Å². The molecule has 0 heterocycles. The van der Waals surface area contributed by atoms with Crippen LogP contribution < -0.4 is 5.32 Å². The fourth-order valence-corrected chi connectivity index (χ4v) is 2.46. The van der Waals surface area contributed by atoms with Gasteiger partial charge in [-0.1, -0.05) is 60.1 Å². The van der Waals surface area contributed by atoms with Crippen molar-refractivity contribution in [1.29, 1.82) is 0 Å². The number of alkyl halides is 1. The average Bonchev–Trinajstić information content (AvgIpc) is 2.48. The van der Waals surface area contributed by atoms with Gasteiger partial charge in [0.1, 0.15) is 0 Å². The summed E-state index contributed by atoms with van der Waals surface area (Å²) < 4.78 is 0. The van der Waals surface area contributed by atoms with Gasteiger partial charge in [-0.15, -0.1) is 0 Å². The van der Waals surface area contributed by atoms with Crippen LogP contribution in [-0.2, 0) is 5.33 Å². The van der Waals surface area contributed by atoms with Gasteiger partial charge in [-0.25, -0.2) is 0 Å². The topological polar surface area (TPSA) is 29.1 Å². The first kappa shape index (κ1) is 14.8. The number of hydrogen-bond acceptors (Lipinski definition) is 1. The molecule has 0 aliphatic carbocycles. The summed E-state index contributed by atoms with van der Waals surface area (Å²) in [7, 11) is 0. The number of halogens is 1. The molecule has 0 atom stereocenters.